The molecular formula is C17H17BrN2O. The van der Waals surface area contributed by atoms with Crippen LogP contribution in [0.1, 0.15) is 16.7 Å². The van der Waals surface area contributed by atoms with E-state index in [-0.39, 0.29) is 11.9 Å². The molecule has 21 heavy (non-hydrogen) atoms. The summed E-state index contributed by atoms with van der Waals surface area (Å²) < 4.78 is 1.05. The molecule has 0 aromatic heterocycles. The average molecular weight is 345 g/mol. The molecule has 1 heterocycles. The Morgan fingerprint density at radius 3 is 2.76 bits per heavy atom. The summed E-state index contributed by atoms with van der Waals surface area (Å²) in [6.07, 6.45) is 0.734. The topological polar surface area (TPSA) is 41.1 Å². The minimum Gasteiger partial charge on any atom is -0.325 e. The molecule has 108 valence electrons. The second kappa shape index (κ2) is 6.00. The van der Waals surface area contributed by atoms with Gasteiger partial charge in [0, 0.05) is 16.7 Å². The van der Waals surface area contributed by atoms with E-state index < -0.39 is 0 Å². The van der Waals surface area contributed by atoms with Gasteiger partial charge >= 0.3 is 0 Å². The minimum atomic E-state index is -0.177. The lowest BCUT2D eigenvalue weighted by atomic mass is 9.95. The first-order valence-electron chi connectivity index (χ1n) is 7.00. The fourth-order valence-electron chi connectivity index (χ4n) is 2.59. The molecule has 0 fully saturated rings. The van der Waals surface area contributed by atoms with E-state index in [1.807, 2.05) is 37.3 Å². The molecule has 2 N–H and O–H groups in total. The van der Waals surface area contributed by atoms with E-state index in [9.17, 15) is 4.79 Å². The molecule has 4 heteroatoms. The molecule has 0 bridgehead atoms. The summed E-state index contributed by atoms with van der Waals surface area (Å²) >= 11 is 3.47. The molecule has 0 saturated heterocycles. The van der Waals surface area contributed by atoms with Crippen molar-refractivity contribution in [3.05, 3.63) is 63.6 Å². The van der Waals surface area contributed by atoms with Crippen molar-refractivity contribution in [1.29, 1.82) is 0 Å². The smallest absolute Gasteiger partial charge is 0.241 e. The van der Waals surface area contributed by atoms with E-state index >= 15 is 0 Å². The van der Waals surface area contributed by atoms with E-state index in [1.54, 1.807) is 0 Å². The Morgan fingerprint density at radius 2 is 2.00 bits per heavy atom. The van der Waals surface area contributed by atoms with Crippen molar-refractivity contribution in [2.45, 2.75) is 25.9 Å². The molecule has 1 aliphatic heterocycles. The van der Waals surface area contributed by atoms with Crippen molar-refractivity contribution >= 4 is 27.5 Å². The van der Waals surface area contributed by atoms with Crippen LogP contribution in [-0.2, 0) is 17.8 Å². The lowest BCUT2D eigenvalue weighted by Gasteiger charge is -2.25. The summed E-state index contributed by atoms with van der Waals surface area (Å²) in [5.41, 5.74) is 4.47. The van der Waals surface area contributed by atoms with Gasteiger partial charge in [-0.25, -0.2) is 0 Å². The van der Waals surface area contributed by atoms with Gasteiger partial charge in [-0.15, -0.1) is 0 Å². The van der Waals surface area contributed by atoms with Crippen LogP contribution < -0.4 is 10.6 Å². The predicted molar refractivity (Wildman–Crippen MR) is 88.3 cm³/mol. The summed E-state index contributed by atoms with van der Waals surface area (Å²) in [5, 5.41) is 6.29. The van der Waals surface area contributed by atoms with Gasteiger partial charge in [0.05, 0.1) is 6.04 Å². The zero-order valence-corrected chi connectivity index (χ0v) is 13.4. The van der Waals surface area contributed by atoms with Gasteiger partial charge in [-0.3, -0.25) is 4.79 Å². The van der Waals surface area contributed by atoms with Gasteiger partial charge in [-0.05, 0) is 48.2 Å². The number of halogens is 1. The summed E-state index contributed by atoms with van der Waals surface area (Å²) in [6, 6.07) is 13.9. The fourth-order valence-corrected chi connectivity index (χ4v) is 2.84. The Bertz CT molecular complexity index is 684. The molecule has 2 aromatic rings. The summed E-state index contributed by atoms with van der Waals surface area (Å²) in [6.45, 7) is 2.75. The number of rotatable bonds is 2. The quantitative estimate of drug-likeness (QED) is 0.876. The van der Waals surface area contributed by atoms with E-state index in [0.717, 1.165) is 28.7 Å². The molecule has 1 atom stereocenters. The van der Waals surface area contributed by atoms with Crippen molar-refractivity contribution in [3.8, 4) is 0 Å². The first-order chi connectivity index (χ1) is 10.1. The van der Waals surface area contributed by atoms with Crippen molar-refractivity contribution in [2.75, 3.05) is 5.32 Å². The molecule has 0 radical (unpaired) electrons. The Balaban J connectivity index is 1.70. The lowest BCUT2D eigenvalue weighted by Crippen LogP contribution is -2.44. The average Bonchev–Trinajstić information content (AvgIpc) is 2.50. The van der Waals surface area contributed by atoms with Crippen molar-refractivity contribution in [2.24, 2.45) is 0 Å². The van der Waals surface area contributed by atoms with Gasteiger partial charge in [0.2, 0.25) is 5.91 Å². The number of hydrogen-bond acceptors (Lipinski definition) is 2. The molecule has 2 aromatic carbocycles. The summed E-state index contributed by atoms with van der Waals surface area (Å²) in [5.74, 6) is 0.0197. The van der Waals surface area contributed by atoms with Crippen LogP contribution >= 0.6 is 15.9 Å². The number of carbonyl (C=O) groups is 1. The van der Waals surface area contributed by atoms with Crippen molar-refractivity contribution in [1.82, 2.24) is 5.32 Å². The van der Waals surface area contributed by atoms with E-state index in [0.29, 0.717) is 0 Å². The van der Waals surface area contributed by atoms with E-state index in [1.165, 1.54) is 11.1 Å². The number of hydrogen-bond donors (Lipinski definition) is 2. The van der Waals surface area contributed by atoms with Crippen molar-refractivity contribution < 1.29 is 4.79 Å². The second-order valence-electron chi connectivity index (χ2n) is 5.36. The molecular weight excluding hydrogens is 328 g/mol. The Kier molecular flexibility index (Phi) is 4.08. The standard InChI is InChI=1S/C17H17BrN2O/c1-11-8-14(6-7-15(11)18)20-17(21)16-9-12-4-2-3-5-13(12)10-19-16/h2-8,16,19H,9-10H2,1H3,(H,20,21)/t16-/m0/s1. The first kappa shape index (κ1) is 14.3. The Labute approximate surface area is 132 Å². The third-order valence-electron chi connectivity index (χ3n) is 3.82. The summed E-state index contributed by atoms with van der Waals surface area (Å²) in [7, 11) is 0. The second-order valence-corrected chi connectivity index (χ2v) is 6.21. The number of carbonyl (C=O) groups excluding carboxylic acids is 1. The predicted octanol–water partition coefficient (Wildman–Crippen LogP) is 3.41. The Hall–Kier alpha value is -1.65. The highest BCUT2D eigenvalue weighted by atomic mass is 79.9. The first-order valence-corrected chi connectivity index (χ1v) is 7.80. The highest BCUT2D eigenvalue weighted by Gasteiger charge is 2.23. The van der Waals surface area contributed by atoms with Gasteiger partial charge < -0.3 is 10.6 Å². The minimum absolute atomic E-state index is 0.0197. The van der Waals surface area contributed by atoms with Gasteiger partial charge in [-0.2, -0.15) is 0 Å². The third kappa shape index (κ3) is 3.17. The largest absolute Gasteiger partial charge is 0.325 e. The maximum Gasteiger partial charge on any atom is 0.241 e. The zero-order valence-electron chi connectivity index (χ0n) is 11.8. The fraction of sp³-hybridized carbons (Fsp3) is 0.235. The van der Waals surface area contributed by atoms with Crippen LogP contribution in [0.25, 0.3) is 0 Å². The number of anilines is 1. The third-order valence-corrected chi connectivity index (χ3v) is 4.71. The van der Waals surface area contributed by atoms with Gasteiger partial charge in [0.15, 0.2) is 0 Å². The number of benzene rings is 2. The molecule has 3 rings (SSSR count). The number of fused-ring (bicyclic) bond motifs is 1. The molecule has 3 nitrogen and oxygen atoms in total. The maximum absolute atomic E-state index is 12.4. The number of aryl methyl sites for hydroxylation is 1. The molecule has 0 spiro atoms. The van der Waals surface area contributed by atoms with Crippen LogP contribution in [0.5, 0.6) is 0 Å². The molecule has 1 aliphatic rings. The zero-order chi connectivity index (χ0) is 14.8. The van der Waals surface area contributed by atoms with Crippen molar-refractivity contribution in [3.63, 3.8) is 0 Å². The van der Waals surface area contributed by atoms with Crippen LogP contribution in [0.2, 0.25) is 0 Å². The number of nitrogens with one attached hydrogen (secondary N) is 2. The highest BCUT2D eigenvalue weighted by molar-refractivity contribution is 9.10. The van der Waals surface area contributed by atoms with Gasteiger partial charge in [0.25, 0.3) is 0 Å². The van der Waals surface area contributed by atoms with E-state index in [4.69, 9.17) is 0 Å². The van der Waals surface area contributed by atoms with Crippen LogP contribution in [0.15, 0.2) is 46.9 Å². The molecule has 0 unspecified atom stereocenters. The summed E-state index contributed by atoms with van der Waals surface area (Å²) in [4.78, 5) is 12.4. The lowest BCUT2D eigenvalue weighted by molar-refractivity contribution is -0.118. The molecule has 0 saturated carbocycles. The van der Waals surface area contributed by atoms with Gasteiger partial charge in [-0.1, -0.05) is 40.2 Å². The number of amides is 1. The van der Waals surface area contributed by atoms with E-state index in [2.05, 4.69) is 38.7 Å². The maximum atomic E-state index is 12.4. The van der Waals surface area contributed by atoms with Gasteiger partial charge in [0.1, 0.15) is 0 Å². The molecule has 0 aliphatic carbocycles. The van der Waals surface area contributed by atoms with Crippen LogP contribution in [0.3, 0.4) is 0 Å². The van der Waals surface area contributed by atoms with Crippen LogP contribution in [-0.4, -0.2) is 11.9 Å². The highest BCUT2D eigenvalue weighted by Crippen LogP contribution is 2.21. The van der Waals surface area contributed by atoms with Crippen LogP contribution in [0.4, 0.5) is 5.69 Å². The normalized spacial score (nSPS) is 17.1. The Morgan fingerprint density at radius 1 is 1.24 bits per heavy atom. The monoisotopic (exact) mass is 344 g/mol. The SMILES string of the molecule is Cc1cc(NC(=O)[C@@H]2Cc3ccccc3CN2)ccc1Br. The van der Waals surface area contributed by atoms with Crippen LogP contribution in [0, 0.1) is 6.92 Å². The molecule has 1 amide bonds.